The molecular weight excluding hydrogens is 412 g/mol. The van der Waals surface area contributed by atoms with Gasteiger partial charge in [0.1, 0.15) is 0 Å². The summed E-state index contributed by atoms with van der Waals surface area (Å²) in [4.78, 5) is 28.5. The molecule has 33 heavy (non-hydrogen) atoms. The van der Waals surface area contributed by atoms with Crippen LogP contribution >= 0.6 is 0 Å². The third-order valence-electron chi connectivity index (χ3n) is 7.88. The summed E-state index contributed by atoms with van der Waals surface area (Å²) < 4.78 is 0. The van der Waals surface area contributed by atoms with Crippen LogP contribution in [-0.2, 0) is 4.79 Å². The largest absolute Gasteiger partial charge is 0.356 e. The summed E-state index contributed by atoms with van der Waals surface area (Å²) in [6.45, 7) is 8.63. The fraction of sp³-hybridized carbons (Fsp3) is 0.692. The van der Waals surface area contributed by atoms with Gasteiger partial charge in [-0.05, 0) is 89.8 Å². The molecule has 1 aromatic heterocycles. The number of anilines is 1. The minimum absolute atomic E-state index is 0.0484. The lowest BCUT2D eigenvalue weighted by Crippen LogP contribution is -2.47. The van der Waals surface area contributed by atoms with Gasteiger partial charge in [0.15, 0.2) is 0 Å². The van der Waals surface area contributed by atoms with Crippen LogP contribution in [-0.4, -0.2) is 84.1 Å². The van der Waals surface area contributed by atoms with Gasteiger partial charge in [0.05, 0.1) is 17.0 Å². The molecule has 3 fully saturated rings. The summed E-state index contributed by atoms with van der Waals surface area (Å²) in [6.07, 6.45) is 9.85. The van der Waals surface area contributed by atoms with Gasteiger partial charge in [-0.3, -0.25) is 4.79 Å². The molecule has 0 radical (unpaired) electrons. The van der Waals surface area contributed by atoms with Gasteiger partial charge in [0, 0.05) is 25.7 Å². The van der Waals surface area contributed by atoms with E-state index < -0.39 is 0 Å². The number of imidazole rings is 1. The molecule has 0 aliphatic carbocycles. The van der Waals surface area contributed by atoms with Crippen LogP contribution in [0.25, 0.3) is 11.0 Å². The number of carbonyl (C=O) groups is 1. The second-order valence-electron chi connectivity index (χ2n) is 10.2. The molecule has 3 aliphatic rings. The number of amides is 1. The maximum absolute atomic E-state index is 12.8. The second-order valence-corrected chi connectivity index (χ2v) is 10.2. The normalized spacial score (nSPS) is 23.8. The van der Waals surface area contributed by atoms with Crippen LogP contribution < -0.4 is 10.2 Å². The number of hydrogen-bond acceptors (Lipinski definition) is 5. The lowest BCUT2D eigenvalue weighted by atomic mass is 9.97. The standard InChI is InChI=1S/C26H40N6O/c33-25(21-8-6-17-32(20-21)26-28-23-9-2-3-10-24(23)29-26)27-13-7-14-30-18-11-22(12-19-30)31-15-4-1-5-16-31/h2-3,9-10,21-22H,1,4-8,11-20H2,(H,27,33)(H,28,29)/t21-/m1/s1. The van der Waals surface area contributed by atoms with Crippen molar-refractivity contribution in [1.82, 2.24) is 25.1 Å². The highest BCUT2D eigenvalue weighted by Crippen LogP contribution is 2.24. The first-order valence-corrected chi connectivity index (χ1v) is 13.2. The van der Waals surface area contributed by atoms with E-state index in [0.29, 0.717) is 0 Å². The fourth-order valence-electron chi connectivity index (χ4n) is 5.92. The number of H-pyrrole nitrogens is 1. The van der Waals surface area contributed by atoms with Crippen LogP contribution in [0.1, 0.15) is 51.4 Å². The van der Waals surface area contributed by atoms with Crippen molar-refractivity contribution in [1.29, 1.82) is 0 Å². The quantitative estimate of drug-likeness (QED) is 0.632. The molecule has 1 aromatic carbocycles. The van der Waals surface area contributed by atoms with Crippen molar-refractivity contribution in [3.63, 3.8) is 0 Å². The Balaban J connectivity index is 1.01. The van der Waals surface area contributed by atoms with E-state index in [1.165, 1.54) is 58.3 Å². The van der Waals surface area contributed by atoms with Crippen molar-refractivity contribution < 1.29 is 4.79 Å². The third kappa shape index (κ3) is 5.69. The Kier molecular flexibility index (Phi) is 7.47. The molecule has 0 spiro atoms. The van der Waals surface area contributed by atoms with E-state index in [-0.39, 0.29) is 11.8 Å². The average Bonchev–Trinajstić information content (AvgIpc) is 3.32. The molecule has 0 bridgehead atoms. The number of piperidine rings is 3. The number of para-hydroxylation sites is 2. The first-order chi connectivity index (χ1) is 16.3. The van der Waals surface area contributed by atoms with Gasteiger partial charge in [0.2, 0.25) is 11.9 Å². The van der Waals surface area contributed by atoms with E-state index in [9.17, 15) is 4.79 Å². The Morgan fingerprint density at radius 2 is 1.82 bits per heavy atom. The molecule has 4 heterocycles. The van der Waals surface area contributed by atoms with Crippen LogP contribution in [0.3, 0.4) is 0 Å². The number of nitrogens with one attached hydrogen (secondary N) is 2. The molecule has 2 aromatic rings. The summed E-state index contributed by atoms with van der Waals surface area (Å²) in [7, 11) is 0. The minimum Gasteiger partial charge on any atom is -0.356 e. The number of aromatic amines is 1. The van der Waals surface area contributed by atoms with Crippen LogP contribution in [0, 0.1) is 5.92 Å². The number of carbonyl (C=O) groups excluding carboxylic acids is 1. The maximum Gasteiger partial charge on any atom is 0.224 e. The Morgan fingerprint density at radius 3 is 2.64 bits per heavy atom. The highest BCUT2D eigenvalue weighted by Gasteiger charge is 2.28. The van der Waals surface area contributed by atoms with Gasteiger partial charge in [-0.2, -0.15) is 0 Å². The van der Waals surface area contributed by atoms with Crippen LogP contribution in [0.4, 0.5) is 5.95 Å². The highest BCUT2D eigenvalue weighted by molar-refractivity contribution is 5.80. The lowest BCUT2D eigenvalue weighted by molar-refractivity contribution is -0.125. The molecule has 3 aliphatic heterocycles. The predicted octanol–water partition coefficient (Wildman–Crippen LogP) is 3.24. The second kappa shape index (κ2) is 10.9. The Labute approximate surface area is 197 Å². The van der Waals surface area contributed by atoms with Gasteiger partial charge < -0.3 is 25.0 Å². The number of aromatic nitrogens is 2. The van der Waals surface area contributed by atoms with Gasteiger partial charge in [-0.25, -0.2) is 4.98 Å². The van der Waals surface area contributed by atoms with E-state index in [4.69, 9.17) is 4.98 Å². The van der Waals surface area contributed by atoms with E-state index in [0.717, 1.165) is 68.5 Å². The summed E-state index contributed by atoms with van der Waals surface area (Å²) in [5.74, 6) is 1.15. The molecule has 3 saturated heterocycles. The monoisotopic (exact) mass is 452 g/mol. The van der Waals surface area contributed by atoms with Gasteiger partial charge in [0.25, 0.3) is 0 Å². The average molecular weight is 453 g/mol. The van der Waals surface area contributed by atoms with E-state index in [2.05, 4.69) is 31.1 Å². The zero-order chi connectivity index (χ0) is 22.5. The summed E-state index contributed by atoms with van der Waals surface area (Å²) in [5, 5.41) is 3.22. The number of benzene rings is 1. The lowest BCUT2D eigenvalue weighted by Gasteiger charge is -2.40. The Morgan fingerprint density at radius 1 is 1.00 bits per heavy atom. The summed E-state index contributed by atoms with van der Waals surface area (Å²) in [6, 6.07) is 8.92. The van der Waals surface area contributed by atoms with E-state index in [1.807, 2.05) is 18.2 Å². The molecule has 7 nitrogen and oxygen atoms in total. The highest BCUT2D eigenvalue weighted by atomic mass is 16.1. The molecule has 1 amide bonds. The van der Waals surface area contributed by atoms with Crippen molar-refractivity contribution in [3.8, 4) is 0 Å². The maximum atomic E-state index is 12.8. The van der Waals surface area contributed by atoms with Gasteiger partial charge >= 0.3 is 0 Å². The molecule has 1 atom stereocenters. The van der Waals surface area contributed by atoms with E-state index in [1.54, 1.807) is 0 Å². The van der Waals surface area contributed by atoms with Gasteiger partial charge in [-0.15, -0.1) is 0 Å². The number of likely N-dealkylation sites (tertiary alicyclic amines) is 2. The summed E-state index contributed by atoms with van der Waals surface area (Å²) in [5.41, 5.74) is 2.04. The molecule has 0 unspecified atom stereocenters. The Hall–Kier alpha value is -2.12. The fourth-order valence-corrected chi connectivity index (χ4v) is 5.92. The number of fused-ring (bicyclic) bond motifs is 1. The predicted molar refractivity (Wildman–Crippen MR) is 134 cm³/mol. The Bertz CT molecular complexity index is 866. The number of hydrogen-bond donors (Lipinski definition) is 2. The van der Waals surface area contributed by atoms with Crippen molar-refractivity contribution >= 4 is 22.9 Å². The minimum atomic E-state index is 0.0484. The van der Waals surface area contributed by atoms with Crippen LogP contribution in [0.5, 0.6) is 0 Å². The topological polar surface area (TPSA) is 67.5 Å². The first-order valence-electron chi connectivity index (χ1n) is 13.2. The van der Waals surface area contributed by atoms with Crippen molar-refractivity contribution in [2.45, 2.75) is 57.4 Å². The zero-order valence-electron chi connectivity index (χ0n) is 20.0. The first kappa shape index (κ1) is 22.7. The molecule has 2 N–H and O–H groups in total. The molecular formula is C26H40N6O. The van der Waals surface area contributed by atoms with E-state index >= 15 is 0 Å². The smallest absolute Gasteiger partial charge is 0.224 e. The van der Waals surface area contributed by atoms with Crippen molar-refractivity contribution in [2.24, 2.45) is 5.92 Å². The number of nitrogens with zero attached hydrogens (tertiary/aromatic N) is 4. The summed E-state index contributed by atoms with van der Waals surface area (Å²) >= 11 is 0. The molecule has 5 rings (SSSR count). The third-order valence-corrected chi connectivity index (χ3v) is 7.88. The molecule has 180 valence electrons. The molecule has 7 heteroatoms. The van der Waals surface area contributed by atoms with Gasteiger partial charge in [-0.1, -0.05) is 18.6 Å². The van der Waals surface area contributed by atoms with Crippen LogP contribution in [0.15, 0.2) is 24.3 Å². The zero-order valence-corrected chi connectivity index (χ0v) is 20.0. The van der Waals surface area contributed by atoms with Crippen molar-refractivity contribution in [3.05, 3.63) is 24.3 Å². The molecule has 0 saturated carbocycles. The van der Waals surface area contributed by atoms with Crippen molar-refractivity contribution in [2.75, 3.05) is 57.3 Å². The SMILES string of the molecule is O=C(NCCCN1CCC(N2CCCCC2)CC1)[C@@H]1CCCN(c2nc3ccccc3[nH]2)C1. The van der Waals surface area contributed by atoms with Crippen LogP contribution in [0.2, 0.25) is 0 Å². The number of rotatable bonds is 7.